The maximum atomic E-state index is 12.1. The molecule has 1 aromatic carbocycles. The Kier molecular flexibility index (Phi) is 3.96. The zero-order chi connectivity index (χ0) is 14.2. The highest BCUT2D eigenvalue weighted by Gasteiger charge is 2.19. The number of nitrogens with one attached hydrogen (secondary N) is 2. The van der Waals surface area contributed by atoms with E-state index in [1.54, 1.807) is 16.7 Å². The summed E-state index contributed by atoms with van der Waals surface area (Å²) in [4.78, 5) is 15.2. The number of aromatic nitrogens is 2. The molecule has 0 spiro atoms. The lowest BCUT2D eigenvalue weighted by Gasteiger charge is -2.16. The molecule has 0 aliphatic heterocycles. The van der Waals surface area contributed by atoms with Crippen LogP contribution < -0.4 is 5.32 Å². The van der Waals surface area contributed by atoms with Gasteiger partial charge in [-0.15, -0.1) is 0 Å². The van der Waals surface area contributed by atoms with Gasteiger partial charge in [0, 0.05) is 11.1 Å². The zero-order valence-corrected chi connectivity index (χ0v) is 12.6. The molecule has 1 heterocycles. The molecule has 2 rings (SSSR count). The predicted molar refractivity (Wildman–Crippen MR) is 80.1 cm³/mol. The number of carbonyl (C=O) groups excluding carboxylic acids is 1. The number of imidazole rings is 1. The molecule has 1 atom stereocenters. The van der Waals surface area contributed by atoms with Gasteiger partial charge in [-0.25, -0.2) is 0 Å². The highest BCUT2D eigenvalue weighted by atomic mass is 35.5. The summed E-state index contributed by atoms with van der Waals surface area (Å²) in [7, 11) is 0. The van der Waals surface area contributed by atoms with E-state index in [0.717, 1.165) is 11.0 Å². The lowest BCUT2D eigenvalue weighted by molar-refractivity contribution is -0.124. The molecule has 0 saturated heterocycles. The summed E-state index contributed by atoms with van der Waals surface area (Å²) < 4.78 is 2.32. The third kappa shape index (κ3) is 2.82. The number of carbonyl (C=O) groups is 1. The van der Waals surface area contributed by atoms with Crippen molar-refractivity contribution < 1.29 is 4.79 Å². The Labute approximate surface area is 121 Å². The second kappa shape index (κ2) is 5.35. The van der Waals surface area contributed by atoms with Gasteiger partial charge in [0.05, 0.1) is 11.0 Å². The molecule has 6 heteroatoms. The first-order valence-corrected chi connectivity index (χ1v) is 6.89. The number of nitrogens with zero attached hydrogens (tertiary/aromatic N) is 1. The molecule has 0 aliphatic rings. The second-order valence-electron chi connectivity index (χ2n) is 4.80. The molecule has 1 unspecified atom stereocenters. The third-order valence-electron chi connectivity index (χ3n) is 2.88. The molecule has 1 amide bonds. The van der Waals surface area contributed by atoms with Gasteiger partial charge in [-0.2, -0.15) is 0 Å². The number of aromatic amines is 1. The Hall–Kier alpha value is -1.33. The Morgan fingerprint density at radius 3 is 2.74 bits per heavy atom. The van der Waals surface area contributed by atoms with Gasteiger partial charge in [-0.05, 0) is 51.2 Å². The first kappa shape index (κ1) is 14.1. The van der Waals surface area contributed by atoms with Crippen LogP contribution in [0.3, 0.4) is 0 Å². The number of fused-ring (bicyclic) bond motifs is 1. The largest absolute Gasteiger partial charge is 0.352 e. The Morgan fingerprint density at radius 2 is 2.11 bits per heavy atom. The SMILES string of the molecule is CC(C)NC(=O)C(C)n1c(=S)[nH]c2cc(Cl)ccc21. The van der Waals surface area contributed by atoms with Crippen LogP contribution in [-0.4, -0.2) is 21.5 Å². The van der Waals surface area contributed by atoms with Crippen molar-refractivity contribution in [2.45, 2.75) is 32.9 Å². The number of hydrogen-bond donors (Lipinski definition) is 2. The van der Waals surface area contributed by atoms with E-state index in [1.807, 2.05) is 26.8 Å². The third-order valence-corrected chi connectivity index (χ3v) is 3.41. The monoisotopic (exact) mass is 297 g/mol. The van der Waals surface area contributed by atoms with E-state index in [4.69, 9.17) is 23.8 Å². The molecular weight excluding hydrogens is 282 g/mol. The number of hydrogen-bond acceptors (Lipinski definition) is 2. The van der Waals surface area contributed by atoms with Gasteiger partial charge in [-0.3, -0.25) is 4.79 Å². The van der Waals surface area contributed by atoms with Crippen molar-refractivity contribution in [1.82, 2.24) is 14.9 Å². The molecule has 0 bridgehead atoms. The molecule has 4 nitrogen and oxygen atoms in total. The van der Waals surface area contributed by atoms with Crippen LogP contribution in [0.1, 0.15) is 26.8 Å². The average Bonchev–Trinajstić information content (AvgIpc) is 2.62. The van der Waals surface area contributed by atoms with E-state index >= 15 is 0 Å². The van der Waals surface area contributed by atoms with E-state index in [9.17, 15) is 4.79 Å². The fourth-order valence-corrected chi connectivity index (χ4v) is 2.55. The van der Waals surface area contributed by atoms with E-state index in [2.05, 4.69) is 10.3 Å². The number of halogens is 1. The Bertz CT molecular complexity index is 674. The minimum atomic E-state index is -0.371. The van der Waals surface area contributed by atoms with Crippen molar-refractivity contribution in [2.75, 3.05) is 0 Å². The van der Waals surface area contributed by atoms with Gasteiger partial charge >= 0.3 is 0 Å². The summed E-state index contributed by atoms with van der Waals surface area (Å²) in [5.41, 5.74) is 1.71. The summed E-state index contributed by atoms with van der Waals surface area (Å²) in [6, 6.07) is 5.18. The standard InChI is InChI=1S/C13H16ClN3OS/c1-7(2)15-12(18)8(3)17-11-5-4-9(14)6-10(11)16-13(17)19/h4-8H,1-3H3,(H,15,18)(H,16,19). The van der Waals surface area contributed by atoms with Crippen LogP contribution in [0.2, 0.25) is 5.02 Å². The minimum Gasteiger partial charge on any atom is -0.352 e. The van der Waals surface area contributed by atoms with Gasteiger partial charge in [0.1, 0.15) is 6.04 Å². The normalized spacial score (nSPS) is 12.9. The molecule has 2 aromatic rings. The smallest absolute Gasteiger partial charge is 0.243 e. The van der Waals surface area contributed by atoms with Crippen molar-refractivity contribution in [3.63, 3.8) is 0 Å². The van der Waals surface area contributed by atoms with E-state index < -0.39 is 0 Å². The molecular formula is C13H16ClN3OS. The number of benzene rings is 1. The van der Waals surface area contributed by atoms with Crippen LogP contribution in [0.15, 0.2) is 18.2 Å². The molecule has 0 aliphatic carbocycles. The summed E-state index contributed by atoms with van der Waals surface area (Å²) in [6.07, 6.45) is 0. The van der Waals surface area contributed by atoms with Crippen molar-refractivity contribution in [3.8, 4) is 0 Å². The molecule has 0 radical (unpaired) electrons. The molecule has 1 aromatic heterocycles. The lowest BCUT2D eigenvalue weighted by Crippen LogP contribution is -2.35. The van der Waals surface area contributed by atoms with Crippen molar-refractivity contribution in [3.05, 3.63) is 28.0 Å². The summed E-state index contributed by atoms with van der Waals surface area (Å²) >= 11 is 11.2. The fourth-order valence-electron chi connectivity index (χ4n) is 2.01. The average molecular weight is 298 g/mol. The topological polar surface area (TPSA) is 49.8 Å². The van der Waals surface area contributed by atoms with Gasteiger partial charge in [0.2, 0.25) is 5.91 Å². The quantitative estimate of drug-likeness (QED) is 0.853. The van der Waals surface area contributed by atoms with Crippen molar-refractivity contribution in [2.24, 2.45) is 0 Å². The van der Waals surface area contributed by atoms with Gasteiger partial charge in [0.15, 0.2) is 4.77 Å². The van der Waals surface area contributed by atoms with E-state index in [-0.39, 0.29) is 18.0 Å². The fraction of sp³-hybridized carbons (Fsp3) is 0.385. The summed E-state index contributed by atoms with van der Waals surface area (Å²) in [5, 5.41) is 3.52. The number of rotatable bonds is 3. The molecule has 0 fully saturated rings. The minimum absolute atomic E-state index is 0.0537. The molecule has 0 saturated carbocycles. The van der Waals surface area contributed by atoms with E-state index in [1.165, 1.54) is 0 Å². The van der Waals surface area contributed by atoms with Gasteiger partial charge in [-0.1, -0.05) is 11.6 Å². The highest BCUT2D eigenvalue weighted by molar-refractivity contribution is 7.71. The maximum Gasteiger partial charge on any atom is 0.243 e. The molecule has 102 valence electrons. The van der Waals surface area contributed by atoms with Crippen LogP contribution in [0, 0.1) is 4.77 Å². The van der Waals surface area contributed by atoms with Crippen LogP contribution in [-0.2, 0) is 4.79 Å². The number of H-pyrrole nitrogens is 1. The van der Waals surface area contributed by atoms with E-state index in [0.29, 0.717) is 9.79 Å². The predicted octanol–water partition coefficient (Wildman–Crippen LogP) is 3.44. The lowest BCUT2D eigenvalue weighted by atomic mass is 10.2. The Balaban J connectivity index is 2.47. The maximum absolute atomic E-state index is 12.1. The molecule has 19 heavy (non-hydrogen) atoms. The van der Waals surface area contributed by atoms with Crippen LogP contribution in [0.4, 0.5) is 0 Å². The van der Waals surface area contributed by atoms with Crippen LogP contribution in [0.25, 0.3) is 11.0 Å². The summed E-state index contributed by atoms with van der Waals surface area (Å²) in [5.74, 6) is -0.0537. The van der Waals surface area contributed by atoms with Crippen molar-refractivity contribution in [1.29, 1.82) is 0 Å². The zero-order valence-electron chi connectivity index (χ0n) is 11.0. The molecule has 2 N–H and O–H groups in total. The van der Waals surface area contributed by atoms with Crippen molar-refractivity contribution >= 4 is 40.8 Å². The second-order valence-corrected chi connectivity index (χ2v) is 5.62. The van der Waals surface area contributed by atoms with Crippen LogP contribution >= 0.6 is 23.8 Å². The Morgan fingerprint density at radius 1 is 1.42 bits per heavy atom. The number of amides is 1. The first-order valence-electron chi connectivity index (χ1n) is 6.10. The highest BCUT2D eigenvalue weighted by Crippen LogP contribution is 2.22. The van der Waals surface area contributed by atoms with Crippen LogP contribution in [0.5, 0.6) is 0 Å². The van der Waals surface area contributed by atoms with Gasteiger partial charge in [0.25, 0.3) is 0 Å². The van der Waals surface area contributed by atoms with Gasteiger partial charge < -0.3 is 14.9 Å². The first-order chi connectivity index (χ1) is 8.90. The summed E-state index contributed by atoms with van der Waals surface area (Å²) in [6.45, 7) is 5.69.